The van der Waals surface area contributed by atoms with Gasteiger partial charge in [0.05, 0.1) is 65.8 Å². The number of imidazole rings is 1. The van der Waals surface area contributed by atoms with Gasteiger partial charge in [-0.05, 0) is 78.6 Å². The van der Waals surface area contributed by atoms with Crippen LogP contribution in [0.25, 0.3) is 22.0 Å². The molecule has 0 amide bonds. The van der Waals surface area contributed by atoms with Crippen LogP contribution in [-0.2, 0) is 40.3 Å². The number of methoxy groups -OCH3 is 1. The summed E-state index contributed by atoms with van der Waals surface area (Å²) in [6.07, 6.45) is -1.02. The van der Waals surface area contributed by atoms with Crippen LogP contribution in [-0.4, -0.2) is 89.1 Å². The maximum Gasteiger partial charge on any atom is 0.251 e. The molecule has 16 nitrogen and oxygen atoms in total. The first kappa shape index (κ1) is 50.2. The number of aryl methyl sites for hydroxylation is 2. The molecule has 1 fully saturated rings. The number of fused-ring (bicyclic) bond motifs is 4. The van der Waals surface area contributed by atoms with E-state index in [1.54, 1.807) is 37.1 Å². The van der Waals surface area contributed by atoms with Crippen LogP contribution in [0.4, 0.5) is 0 Å². The van der Waals surface area contributed by atoms with Gasteiger partial charge >= 0.3 is 0 Å². The van der Waals surface area contributed by atoms with Crippen molar-refractivity contribution in [2.75, 3.05) is 7.11 Å². The standard InChI is InChI=1S/C27H22Cl2N4O.C27H29NO10/c1-32-16-31-15-25(32)27(30,18-6-9-20(28)10-7-18)19-8-11-24-23(13-19)22(14-26(34)33(24)2)17-4-3-5-21(29)12-17;1-10-22(30)14(28)7-17(37-10)38-16-9-27(35,11(2)29)8-13-19(16)26(34)21-20(24(13)32)23(31)12-5-4-6-15(36-3)18(12)25(21)33/h3-16H,30H2,1-2H3;4-6,10,14,16-17,22,30,32,34-35H,7-9,28H2,1-3H3/t;10-,14-,16-,17-,22+,27-/m.0/s1. The molecule has 1 saturated heterocycles. The van der Waals surface area contributed by atoms with Gasteiger partial charge in [0.25, 0.3) is 5.56 Å². The van der Waals surface area contributed by atoms with Crippen molar-refractivity contribution in [1.29, 1.82) is 0 Å². The quantitative estimate of drug-likeness (QED) is 0.0887. The molecule has 1 unspecified atom stereocenters. The molecule has 372 valence electrons. The summed E-state index contributed by atoms with van der Waals surface area (Å²) in [6, 6.07) is 26.4. The maximum atomic E-state index is 13.6. The number of nitrogens with zero attached hydrogens (tertiary/aromatic N) is 3. The smallest absolute Gasteiger partial charge is 0.251 e. The molecule has 0 saturated carbocycles. The molecular formula is C54H51Cl2N5O11. The zero-order chi connectivity index (χ0) is 51.7. The van der Waals surface area contributed by atoms with Crippen LogP contribution in [0.1, 0.15) is 92.6 Å². The number of phenols is 2. The summed E-state index contributed by atoms with van der Waals surface area (Å²) in [7, 11) is 5.02. The highest BCUT2D eigenvalue weighted by Crippen LogP contribution is 2.53. The molecule has 2 aromatic heterocycles. The number of ketones is 3. The minimum absolute atomic E-state index is 0.0147. The normalized spacial score (nSPS) is 22.2. The number of rotatable bonds is 8. The van der Waals surface area contributed by atoms with Gasteiger partial charge in [0.15, 0.2) is 17.9 Å². The van der Waals surface area contributed by atoms with Gasteiger partial charge in [-0.25, -0.2) is 4.98 Å². The van der Waals surface area contributed by atoms with Gasteiger partial charge in [0.2, 0.25) is 5.78 Å². The van der Waals surface area contributed by atoms with Crippen LogP contribution >= 0.6 is 23.2 Å². The fourth-order valence-corrected chi connectivity index (χ4v) is 10.5. The minimum Gasteiger partial charge on any atom is -0.507 e. The Morgan fingerprint density at radius 2 is 1.58 bits per heavy atom. The molecule has 0 radical (unpaired) electrons. The Labute approximate surface area is 422 Å². The van der Waals surface area contributed by atoms with Gasteiger partial charge in [0.1, 0.15) is 28.4 Å². The lowest BCUT2D eigenvalue weighted by atomic mass is 9.72. The first-order valence-corrected chi connectivity index (χ1v) is 23.7. The highest BCUT2D eigenvalue weighted by molar-refractivity contribution is 6.32. The summed E-state index contributed by atoms with van der Waals surface area (Å²) in [5.74, 6) is -3.18. The number of Topliss-reactive ketones (excluding diaryl/α,β-unsaturated/α-hetero) is 1. The van der Waals surface area contributed by atoms with Crippen LogP contribution in [0.3, 0.4) is 0 Å². The van der Waals surface area contributed by atoms with Crippen molar-refractivity contribution >= 4 is 51.5 Å². The van der Waals surface area contributed by atoms with E-state index in [1.807, 2.05) is 78.3 Å². The molecule has 10 rings (SSSR count). The summed E-state index contributed by atoms with van der Waals surface area (Å²) in [6.45, 7) is 2.79. The van der Waals surface area contributed by atoms with Crippen molar-refractivity contribution in [3.8, 4) is 28.4 Å². The molecule has 8 N–H and O–H groups in total. The average molecular weight is 1020 g/mol. The number of aromatic hydroxyl groups is 2. The summed E-state index contributed by atoms with van der Waals surface area (Å²) in [5.41, 5.74) is 14.1. The number of hydrogen-bond donors (Lipinski definition) is 6. The number of halogens is 2. The molecule has 2 aliphatic carbocycles. The van der Waals surface area contributed by atoms with Gasteiger partial charge < -0.3 is 55.2 Å². The van der Waals surface area contributed by atoms with Gasteiger partial charge in [-0.1, -0.05) is 65.7 Å². The number of benzene rings is 5. The molecule has 7 atom stereocenters. The van der Waals surface area contributed by atoms with Crippen LogP contribution in [0.2, 0.25) is 10.0 Å². The molecule has 3 heterocycles. The second-order valence-electron chi connectivity index (χ2n) is 18.5. The highest BCUT2D eigenvalue weighted by atomic mass is 35.5. The number of nitrogens with two attached hydrogens (primary N) is 2. The second kappa shape index (κ2) is 19.0. The van der Waals surface area contributed by atoms with E-state index in [4.69, 9.17) is 48.9 Å². The number of aliphatic hydroxyl groups excluding tert-OH is 1. The van der Waals surface area contributed by atoms with E-state index in [1.165, 1.54) is 32.2 Å². The van der Waals surface area contributed by atoms with Crippen LogP contribution < -0.4 is 21.8 Å². The summed E-state index contributed by atoms with van der Waals surface area (Å²) in [5, 5.41) is 46.3. The predicted octanol–water partition coefficient (Wildman–Crippen LogP) is 6.53. The molecule has 72 heavy (non-hydrogen) atoms. The average Bonchev–Trinajstić information content (AvgIpc) is 3.80. The van der Waals surface area contributed by atoms with Gasteiger partial charge in [-0.3, -0.25) is 19.2 Å². The Morgan fingerprint density at radius 1 is 0.889 bits per heavy atom. The zero-order valence-electron chi connectivity index (χ0n) is 39.7. The number of phenolic OH excluding ortho intramolecular Hbond substituents is 2. The van der Waals surface area contributed by atoms with E-state index in [-0.39, 0.29) is 46.4 Å². The Bertz CT molecular complexity index is 3400. The fourth-order valence-electron chi connectivity index (χ4n) is 10.2. The van der Waals surface area contributed by atoms with Crippen molar-refractivity contribution in [3.63, 3.8) is 0 Å². The first-order chi connectivity index (χ1) is 34.2. The Kier molecular flexibility index (Phi) is 13.3. The molecule has 7 aromatic rings. The lowest BCUT2D eigenvalue weighted by Crippen LogP contribution is -2.52. The summed E-state index contributed by atoms with van der Waals surface area (Å²) < 4.78 is 20.6. The van der Waals surface area contributed by atoms with E-state index >= 15 is 0 Å². The minimum atomic E-state index is -2.00. The lowest BCUT2D eigenvalue weighted by molar-refractivity contribution is -0.247. The van der Waals surface area contributed by atoms with Gasteiger partial charge in [-0.2, -0.15) is 0 Å². The fraction of sp³-hybridized carbons (Fsp3) is 0.278. The Morgan fingerprint density at radius 3 is 2.24 bits per heavy atom. The van der Waals surface area contributed by atoms with Crippen molar-refractivity contribution in [2.24, 2.45) is 25.6 Å². The second-order valence-corrected chi connectivity index (χ2v) is 19.4. The topological polar surface area (TPSA) is 252 Å². The third-order valence-corrected chi connectivity index (χ3v) is 14.6. The van der Waals surface area contributed by atoms with E-state index < -0.39 is 88.2 Å². The molecule has 0 bridgehead atoms. The monoisotopic (exact) mass is 1020 g/mol. The van der Waals surface area contributed by atoms with Crippen molar-refractivity contribution < 1.29 is 49.0 Å². The van der Waals surface area contributed by atoms with E-state index in [0.717, 1.165) is 38.9 Å². The largest absolute Gasteiger partial charge is 0.507 e. The van der Waals surface area contributed by atoms with E-state index in [0.29, 0.717) is 10.0 Å². The third-order valence-electron chi connectivity index (χ3n) is 14.2. The number of hydrogen-bond acceptors (Lipinski definition) is 14. The van der Waals surface area contributed by atoms with E-state index in [2.05, 4.69) is 4.98 Å². The highest BCUT2D eigenvalue weighted by Gasteiger charge is 2.49. The number of aliphatic hydroxyl groups is 2. The van der Waals surface area contributed by atoms with Crippen molar-refractivity contribution in [1.82, 2.24) is 14.1 Å². The molecule has 1 aliphatic heterocycles. The maximum absolute atomic E-state index is 13.6. The molecule has 18 heteroatoms. The first-order valence-electron chi connectivity index (χ1n) is 22.9. The zero-order valence-corrected chi connectivity index (χ0v) is 41.2. The van der Waals surface area contributed by atoms with Crippen LogP contribution in [0.15, 0.2) is 108 Å². The molecular weight excluding hydrogens is 966 g/mol. The number of carbonyl (C=O) groups is 3. The van der Waals surface area contributed by atoms with Gasteiger partial charge in [-0.15, -0.1) is 0 Å². The lowest BCUT2D eigenvalue weighted by Gasteiger charge is -2.42. The predicted molar refractivity (Wildman–Crippen MR) is 269 cm³/mol. The molecule has 0 spiro atoms. The summed E-state index contributed by atoms with van der Waals surface area (Å²) in [4.78, 5) is 56.7. The number of aromatic nitrogens is 3. The van der Waals surface area contributed by atoms with Crippen molar-refractivity contribution in [2.45, 2.75) is 74.9 Å². The van der Waals surface area contributed by atoms with Gasteiger partial charge in [0, 0.05) is 77.6 Å². The number of pyridine rings is 1. The number of carbonyl (C=O) groups excluding carboxylic acids is 3. The van der Waals surface area contributed by atoms with Crippen molar-refractivity contribution in [3.05, 3.63) is 174 Å². The summed E-state index contributed by atoms with van der Waals surface area (Å²) >= 11 is 12.4. The molecule has 3 aliphatic rings. The molecule has 5 aromatic carbocycles. The Balaban J connectivity index is 0.000000179. The third kappa shape index (κ3) is 8.46. The van der Waals surface area contributed by atoms with E-state index in [9.17, 15) is 39.6 Å². The van der Waals surface area contributed by atoms with Crippen LogP contribution in [0, 0.1) is 0 Å². The van der Waals surface area contributed by atoms with Crippen LogP contribution in [0.5, 0.6) is 17.2 Å². The number of ether oxygens (including phenoxy) is 3. The Hall–Kier alpha value is -6.73. The SMILES string of the molecule is COc1cccc2c1C(=O)c1c(O)c3c(c(O)c1C2=O)C[C@@](O)(C(C)=O)C[C@@H]3O[C@H]1C[C@H](N)[C@H](O)[C@H](C)O1.Cn1cncc1C(N)(c1ccc(Cl)cc1)c1ccc2c(c1)c(-c1cccc(Cl)c1)cc(=O)n2C.